The summed E-state index contributed by atoms with van der Waals surface area (Å²) in [5, 5.41) is 4.40. The molecule has 1 saturated heterocycles. The quantitative estimate of drug-likeness (QED) is 0.614. The van der Waals surface area contributed by atoms with Crippen LogP contribution < -0.4 is 10.9 Å². The van der Waals surface area contributed by atoms with E-state index in [9.17, 15) is 18.0 Å². The van der Waals surface area contributed by atoms with Gasteiger partial charge in [0.25, 0.3) is 5.56 Å². The minimum atomic E-state index is -0.453. The first-order valence-corrected chi connectivity index (χ1v) is 11.9. The van der Waals surface area contributed by atoms with Crippen molar-refractivity contribution >= 4 is 17.0 Å². The molecule has 1 N–H and O–H groups in total. The average molecular weight is 466 g/mol. The van der Waals surface area contributed by atoms with Crippen LogP contribution in [0.5, 0.6) is 0 Å². The fraction of sp³-hybridized carbons (Fsp3) is 0.370. The Morgan fingerprint density at radius 3 is 2.62 bits per heavy atom. The number of fused-ring (bicyclic) bond motifs is 1. The van der Waals surface area contributed by atoms with Crippen LogP contribution in [0, 0.1) is 17.5 Å². The molecule has 1 aliphatic carbocycles. The highest BCUT2D eigenvalue weighted by Crippen LogP contribution is 2.58. The highest BCUT2D eigenvalue weighted by Gasteiger charge is 2.62. The molecular formula is C27H26F3N3O. The molecule has 1 saturated carbocycles. The van der Waals surface area contributed by atoms with Crippen LogP contribution in [0.3, 0.4) is 0 Å². The maximum Gasteiger partial charge on any atom is 0.251 e. The molecule has 0 bridgehead atoms. The zero-order valence-electron chi connectivity index (χ0n) is 18.7. The van der Waals surface area contributed by atoms with Gasteiger partial charge in [0.2, 0.25) is 0 Å². The van der Waals surface area contributed by atoms with Gasteiger partial charge >= 0.3 is 0 Å². The van der Waals surface area contributed by atoms with Crippen LogP contribution in [0.4, 0.5) is 13.2 Å². The first-order chi connectivity index (χ1) is 16.5. The molecule has 6 rings (SSSR count). The van der Waals surface area contributed by atoms with Crippen molar-refractivity contribution in [1.29, 1.82) is 0 Å². The number of halogens is 3. The summed E-state index contributed by atoms with van der Waals surface area (Å²) in [6, 6.07) is 10.7. The molecule has 2 atom stereocenters. The van der Waals surface area contributed by atoms with Crippen molar-refractivity contribution in [3.63, 3.8) is 0 Å². The minimum absolute atomic E-state index is 0.0593. The Kier molecular flexibility index (Phi) is 5.15. The van der Waals surface area contributed by atoms with Gasteiger partial charge in [0.1, 0.15) is 17.5 Å². The highest BCUT2D eigenvalue weighted by molar-refractivity contribution is 5.86. The fourth-order valence-corrected chi connectivity index (χ4v) is 6.04. The summed E-state index contributed by atoms with van der Waals surface area (Å²) in [6.07, 6.45) is 6.23. The van der Waals surface area contributed by atoms with Crippen molar-refractivity contribution < 1.29 is 13.2 Å². The topological polar surface area (TPSA) is 37.3 Å². The number of hydrogen-bond acceptors (Lipinski definition) is 3. The lowest BCUT2D eigenvalue weighted by atomic mass is 9.94. The molecule has 3 heterocycles. The number of nitrogens with one attached hydrogen (secondary N) is 1. The van der Waals surface area contributed by atoms with Crippen LogP contribution in [-0.4, -0.2) is 41.2 Å². The molecule has 1 aromatic heterocycles. The van der Waals surface area contributed by atoms with E-state index in [0.717, 1.165) is 61.0 Å². The summed E-state index contributed by atoms with van der Waals surface area (Å²) in [4.78, 5) is 14.9. The minimum Gasteiger partial charge on any atom is -0.310 e. The van der Waals surface area contributed by atoms with E-state index in [0.29, 0.717) is 19.1 Å². The molecule has 0 unspecified atom stereocenters. The Hall–Kier alpha value is -2.90. The number of benzene rings is 2. The summed E-state index contributed by atoms with van der Waals surface area (Å²) < 4.78 is 43.7. The van der Waals surface area contributed by atoms with Gasteiger partial charge in [-0.2, -0.15) is 0 Å². The van der Waals surface area contributed by atoms with Crippen molar-refractivity contribution in [2.24, 2.45) is 0 Å². The van der Waals surface area contributed by atoms with Crippen molar-refractivity contribution in [1.82, 2.24) is 14.8 Å². The average Bonchev–Trinajstić information content (AvgIpc) is 3.43. The van der Waals surface area contributed by atoms with Crippen LogP contribution in [0.1, 0.15) is 30.4 Å². The highest BCUT2D eigenvalue weighted by atomic mass is 19.1. The Morgan fingerprint density at radius 2 is 1.79 bits per heavy atom. The smallest absolute Gasteiger partial charge is 0.251 e. The van der Waals surface area contributed by atoms with Crippen LogP contribution in [0.15, 0.2) is 53.3 Å². The fourth-order valence-electron chi connectivity index (χ4n) is 6.04. The van der Waals surface area contributed by atoms with Gasteiger partial charge in [0.05, 0.1) is 5.52 Å². The molecule has 2 aliphatic heterocycles. The summed E-state index contributed by atoms with van der Waals surface area (Å²) in [6.45, 7) is 2.97. The van der Waals surface area contributed by atoms with E-state index in [1.807, 2.05) is 6.08 Å². The predicted molar refractivity (Wildman–Crippen MR) is 126 cm³/mol. The van der Waals surface area contributed by atoms with Crippen molar-refractivity contribution in [2.75, 3.05) is 19.6 Å². The Balaban J connectivity index is 1.08. The van der Waals surface area contributed by atoms with Crippen molar-refractivity contribution in [3.8, 4) is 0 Å². The normalized spacial score (nSPS) is 24.6. The third-order valence-corrected chi connectivity index (χ3v) is 7.82. The van der Waals surface area contributed by atoms with Gasteiger partial charge in [0.15, 0.2) is 0 Å². The van der Waals surface area contributed by atoms with E-state index in [4.69, 9.17) is 0 Å². The lowest BCUT2D eigenvalue weighted by Gasteiger charge is -2.33. The second-order valence-corrected chi connectivity index (χ2v) is 9.78. The van der Waals surface area contributed by atoms with Gasteiger partial charge < -0.3 is 9.88 Å². The number of aromatic nitrogens is 1. The third kappa shape index (κ3) is 3.49. The largest absolute Gasteiger partial charge is 0.310 e. The van der Waals surface area contributed by atoms with Crippen LogP contribution in [0.25, 0.3) is 17.0 Å². The molecule has 176 valence electrons. The van der Waals surface area contributed by atoms with E-state index in [1.54, 1.807) is 28.8 Å². The molecular weight excluding hydrogens is 439 g/mol. The van der Waals surface area contributed by atoms with Gasteiger partial charge in [-0.05, 0) is 74.1 Å². The molecule has 0 amide bonds. The first-order valence-electron chi connectivity index (χ1n) is 11.9. The lowest BCUT2D eigenvalue weighted by molar-refractivity contribution is 0.177. The van der Waals surface area contributed by atoms with Gasteiger partial charge in [-0.1, -0.05) is 12.2 Å². The standard InChI is InChI=1S/C27H26F3N3O/c28-19-5-7-21(29)18(14-19)2-1-11-31-20-9-12-32(13-10-20)23-15-27(23)16-33-24(34)8-4-17-3-6-22(30)25(27)26(17)33/h1-8,14,20,23,31H,9-13,15-16H2/b2-1+/t23-,27-/m1/s1. The second kappa shape index (κ2) is 8.10. The molecule has 3 aromatic rings. The Labute approximate surface area is 195 Å². The molecule has 2 fully saturated rings. The number of hydrogen-bond donors (Lipinski definition) is 1. The number of piperidine rings is 1. The van der Waals surface area contributed by atoms with Gasteiger partial charge in [-0.15, -0.1) is 0 Å². The molecule has 34 heavy (non-hydrogen) atoms. The zero-order chi connectivity index (χ0) is 23.4. The molecule has 3 aliphatic rings. The maximum atomic E-state index is 15.0. The van der Waals surface area contributed by atoms with Gasteiger partial charge in [-0.25, -0.2) is 13.2 Å². The first kappa shape index (κ1) is 21.6. The second-order valence-electron chi connectivity index (χ2n) is 9.78. The summed E-state index contributed by atoms with van der Waals surface area (Å²) in [5.74, 6) is -1.09. The van der Waals surface area contributed by atoms with Crippen LogP contribution in [-0.2, 0) is 12.0 Å². The third-order valence-electron chi connectivity index (χ3n) is 7.82. The van der Waals surface area contributed by atoms with E-state index < -0.39 is 11.6 Å². The molecule has 1 spiro atoms. The van der Waals surface area contributed by atoms with Crippen molar-refractivity contribution in [2.45, 2.75) is 43.3 Å². The molecule has 0 radical (unpaired) electrons. The lowest BCUT2D eigenvalue weighted by Crippen LogP contribution is -2.45. The van der Waals surface area contributed by atoms with Gasteiger partial charge in [0, 0.05) is 47.8 Å². The number of likely N-dealkylation sites (tertiary alicyclic amines) is 1. The monoisotopic (exact) mass is 465 g/mol. The molecule has 4 nitrogen and oxygen atoms in total. The Morgan fingerprint density at radius 1 is 1.03 bits per heavy atom. The number of rotatable bonds is 5. The number of pyridine rings is 1. The summed E-state index contributed by atoms with van der Waals surface area (Å²) in [5.41, 5.74) is 1.39. The molecule has 2 aromatic carbocycles. The SMILES string of the molecule is O=c1ccc2ccc(F)c3c2n1C[C@@]31C[C@H]1N1CCC(NC/C=C/c2cc(F)ccc2F)CC1. The predicted octanol–water partition coefficient (Wildman–Crippen LogP) is 4.21. The van der Waals surface area contributed by atoms with Crippen LogP contribution in [0.2, 0.25) is 0 Å². The van der Waals surface area contributed by atoms with Crippen molar-refractivity contribution in [3.05, 3.63) is 87.5 Å². The van der Waals surface area contributed by atoms with E-state index in [2.05, 4.69) is 10.2 Å². The summed E-state index contributed by atoms with van der Waals surface area (Å²) >= 11 is 0. The number of nitrogens with zero attached hydrogens (tertiary/aromatic N) is 2. The van der Waals surface area contributed by atoms with E-state index in [1.165, 1.54) is 12.1 Å². The van der Waals surface area contributed by atoms with E-state index >= 15 is 0 Å². The Bertz CT molecular complexity index is 1360. The zero-order valence-corrected chi connectivity index (χ0v) is 18.7. The van der Waals surface area contributed by atoms with Gasteiger partial charge in [-0.3, -0.25) is 9.69 Å². The van der Waals surface area contributed by atoms with E-state index in [-0.39, 0.29) is 28.4 Å². The maximum absolute atomic E-state index is 15.0. The van der Waals surface area contributed by atoms with Crippen LogP contribution >= 0.6 is 0 Å². The summed E-state index contributed by atoms with van der Waals surface area (Å²) in [7, 11) is 0. The molecule has 7 heteroatoms.